The van der Waals surface area contributed by atoms with E-state index in [0.717, 1.165) is 31.9 Å². The smallest absolute Gasteiger partial charge is 0.248 e. The zero-order valence-corrected chi connectivity index (χ0v) is 9.95. The van der Waals surface area contributed by atoms with Crippen LogP contribution in [-0.2, 0) is 9.53 Å². The molecule has 2 aliphatic heterocycles. The second-order valence-electron chi connectivity index (χ2n) is 4.42. The maximum Gasteiger partial charge on any atom is 0.248 e. The van der Waals surface area contributed by atoms with Gasteiger partial charge in [-0.2, -0.15) is 0 Å². The fourth-order valence-corrected chi connectivity index (χ4v) is 2.21. The zero-order valence-electron chi connectivity index (χ0n) is 9.95. The lowest BCUT2D eigenvalue weighted by molar-refractivity contribution is -0.130. The van der Waals surface area contributed by atoms with Gasteiger partial charge in [0.05, 0.1) is 13.2 Å². The van der Waals surface area contributed by atoms with Crippen molar-refractivity contribution in [1.29, 1.82) is 0 Å². The number of allylic oxidation sites excluding steroid dienone is 1. The monoisotopic (exact) mass is 224 g/mol. The van der Waals surface area contributed by atoms with Gasteiger partial charge in [0.2, 0.25) is 5.91 Å². The van der Waals surface area contributed by atoms with Crippen molar-refractivity contribution >= 4 is 5.91 Å². The van der Waals surface area contributed by atoms with Crippen molar-refractivity contribution in [1.82, 2.24) is 9.80 Å². The average Bonchev–Trinajstić information content (AvgIpc) is 2.83. The Morgan fingerprint density at radius 2 is 1.69 bits per heavy atom. The largest absolute Gasteiger partial charge is 0.378 e. The van der Waals surface area contributed by atoms with Gasteiger partial charge in [-0.15, -0.1) is 0 Å². The molecule has 4 heteroatoms. The van der Waals surface area contributed by atoms with Crippen molar-refractivity contribution in [2.24, 2.45) is 0 Å². The van der Waals surface area contributed by atoms with Crippen LogP contribution in [0.1, 0.15) is 19.8 Å². The normalized spacial score (nSPS) is 22.7. The Kier molecular flexibility index (Phi) is 3.83. The Hall–Kier alpha value is -1.03. The van der Waals surface area contributed by atoms with E-state index in [2.05, 4.69) is 4.90 Å². The Morgan fingerprint density at radius 3 is 2.31 bits per heavy atom. The standard InChI is InChI=1S/C12H20N2O2/c1-11(13-4-2-3-5-13)10-12(15)14-6-8-16-9-7-14/h10H,2-9H2,1H3/b11-10+. The quantitative estimate of drug-likeness (QED) is 0.652. The first kappa shape index (κ1) is 11.5. The molecule has 90 valence electrons. The summed E-state index contributed by atoms with van der Waals surface area (Å²) in [6, 6.07) is 0. The van der Waals surface area contributed by atoms with Crippen LogP contribution in [0, 0.1) is 0 Å². The molecular formula is C12H20N2O2. The molecular weight excluding hydrogens is 204 g/mol. The predicted octanol–water partition coefficient (Wildman–Crippen LogP) is 0.845. The van der Waals surface area contributed by atoms with Crippen molar-refractivity contribution in [3.05, 3.63) is 11.8 Å². The Morgan fingerprint density at radius 1 is 1.06 bits per heavy atom. The minimum absolute atomic E-state index is 0.132. The summed E-state index contributed by atoms with van der Waals surface area (Å²) in [7, 11) is 0. The summed E-state index contributed by atoms with van der Waals surface area (Å²) in [6.07, 6.45) is 4.27. The summed E-state index contributed by atoms with van der Waals surface area (Å²) in [6.45, 7) is 7.01. The lowest BCUT2D eigenvalue weighted by Crippen LogP contribution is -2.40. The third kappa shape index (κ3) is 2.76. The highest BCUT2D eigenvalue weighted by atomic mass is 16.5. The highest BCUT2D eigenvalue weighted by Gasteiger charge is 2.17. The number of hydrogen-bond donors (Lipinski definition) is 0. The molecule has 0 radical (unpaired) electrons. The Labute approximate surface area is 96.8 Å². The molecule has 0 unspecified atom stereocenters. The Bertz CT molecular complexity index is 277. The number of rotatable bonds is 2. The van der Waals surface area contributed by atoms with Gasteiger partial charge in [-0.25, -0.2) is 0 Å². The highest BCUT2D eigenvalue weighted by molar-refractivity contribution is 5.88. The van der Waals surface area contributed by atoms with E-state index >= 15 is 0 Å². The highest BCUT2D eigenvalue weighted by Crippen LogP contribution is 2.14. The molecule has 2 aliphatic rings. The van der Waals surface area contributed by atoms with E-state index in [4.69, 9.17) is 4.74 Å². The van der Waals surface area contributed by atoms with Crippen LogP contribution >= 0.6 is 0 Å². The molecule has 2 saturated heterocycles. The third-order valence-corrected chi connectivity index (χ3v) is 3.26. The lowest BCUT2D eigenvalue weighted by atomic mass is 10.3. The van der Waals surface area contributed by atoms with E-state index < -0.39 is 0 Å². The van der Waals surface area contributed by atoms with Gasteiger partial charge in [-0.1, -0.05) is 0 Å². The van der Waals surface area contributed by atoms with Crippen LogP contribution in [0.5, 0.6) is 0 Å². The molecule has 0 atom stereocenters. The molecule has 0 saturated carbocycles. The van der Waals surface area contributed by atoms with Gasteiger partial charge >= 0.3 is 0 Å². The van der Waals surface area contributed by atoms with E-state index in [-0.39, 0.29) is 5.91 Å². The molecule has 0 N–H and O–H groups in total. The van der Waals surface area contributed by atoms with Crippen LogP contribution in [0.25, 0.3) is 0 Å². The minimum Gasteiger partial charge on any atom is -0.378 e. The van der Waals surface area contributed by atoms with E-state index in [0.29, 0.717) is 13.2 Å². The first-order chi connectivity index (χ1) is 7.77. The Balaban J connectivity index is 1.90. The molecule has 4 nitrogen and oxygen atoms in total. The zero-order chi connectivity index (χ0) is 11.4. The van der Waals surface area contributed by atoms with Crippen LogP contribution in [0.15, 0.2) is 11.8 Å². The summed E-state index contributed by atoms with van der Waals surface area (Å²) < 4.78 is 5.23. The van der Waals surface area contributed by atoms with Gasteiger partial charge in [0.25, 0.3) is 0 Å². The van der Waals surface area contributed by atoms with Gasteiger partial charge in [-0.3, -0.25) is 4.79 Å². The number of likely N-dealkylation sites (tertiary alicyclic amines) is 1. The van der Waals surface area contributed by atoms with Crippen molar-refractivity contribution in [2.75, 3.05) is 39.4 Å². The van der Waals surface area contributed by atoms with E-state index in [1.807, 2.05) is 11.8 Å². The van der Waals surface area contributed by atoms with E-state index in [1.165, 1.54) is 12.8 Å². The summed E-state index contributed by atoms with van der Waals surface area (Å²) in [5.74, 6) is 0.132. The number of carbonyl (C=O) groups excluding carboxylic acids is 1. The van der Waals surface area contributed by atoms with E-state index in [1.54, 1.807) is 6.08 Å². The molecule has 0 aromatic carbocycles. The average molecular weight is 224 g/mol. The van der Waals surface area contributed by atoms with Crippen molar-refractivity contribution in [3.8, 4) is 0 Å². The van der Waals surface area contributed by atoms with Crippen molar-refractivity contribution < 1.29 is 9.53 Å². The predicted molar refractivity (Wildman–Crippen MR) is 62.0 cm³/mol. The number of nitrogens with zero attached hydrogens (tertiary/aromatic N) is 2. The van der Waals surface area contributed by atoms with Crippen molar-refractivity contribution in [3.63, 3.8) is 0 Å². The van der Waals surface area contributed by atoms with Crippen LogP contribution in [0.2, 0.25) is 0 Å². The summed E-state index contributed by atoms with van der Waals surface area (Å²) in [5.41, 5.74) is 1.11. The van der Waals surface area contributed by atoms with E-state index in [9.17, 15) is 4.79 Å². The molecule has 2 fully saturated rings. The summed E-state index contributed by atoms with van der Waals surface area (Å²) in [4.78, 5) is 16.1. The first-order valence-electron chi connectivity index (χ1n) is 6.07. The first-order valence-corrected chi connectivity index (χ1v) is 6.07. The fraction of sp³-hybridized carbons (Fsp3) is 0.750. The lowest BCUT2D eigenvalue weighted by Gasteiger charge is -2.26. The van der Waals surface area contributed by atoms with Gasteiger partial charge in [0, 0.05) is 38.0 Å². The van der Waals surface area contributed by atoms with Gasteiger partial charge in [0.1, 0.15) is 0 Å². The van der Waals surface area contributed by atoms with Crippen molar-refractivity contribution in [2.45, 2.75) is 19.8 Å². The fourth-order valence-electron chi connectivity index (χ4n) is 2.21. The molecule has 0 bridgehead atoms. The number of ether oxygens (including phenoxy) is 1. The summed E-state index contributed by atoms with van der Waals surface area (Å²) >= 11 is 0. The number of morpholine rings is 1. The SMILES string of the molecule is C/C(=C\C(=O)N1CCOCC1)N1CCCC1. The van der Waals surface area contributed by atoms with Gasteiger partial charge in [-0.05, 0) is 19.8 Å². The molecule has 2 rings (SSSR count). The van der Waals surface area contributed by atoms with Crippen LogP contribution in [-0.4, -0.2) is 55.1 Å². The number of hydrogen-bond acceptors (Lipinski definition) is 3. The summed E-state index contributed by atoms with van der Waals surface area (Å²) in [5, 5.41) is 0. The number of amides is 1. The van der Waals surface area contributed by atoms with Gasteiger partial charge < -0.3 is 14.5 Å². The molecule has 16 heavy (non-hydrogen) atoms. The maximum atomic E-state index is 11.9. The van der Waals surface area contributed by atoms with Crippen LogP contribution < -0.4 is 0 Å². The third-order valence-electron chi connectivity index (χ3n) is 3.26. The molecule has 1 amide bonds. The van der Waals surface area contributed by atoms with Crippen LogP contribution in [0.4, 0.5) is 0 Å². The van der Waals surface area contributed by atoms with Gasteiger partial charge in [0.15, 0.2) is 0 Å². The molecule has 0 aromatic rings. The molecule has 0 aromatic heterocycles. The minimum atomic E-state index is 0.132. The second kappa shape index (κ2) is 5.34. The number of carbonyl (C=O) groups is 1. The van der Waals surface area contributed by atoms with Crippen LogP contribution in [0.3, 0.4) is 0 Å². The maximum absolute atomic E-state index is 11.9. The molecule has 0 aliphatic carbocycles. The topological polar surface area (TPSA) is 32.8 Å². The second-order valence-corrected chi connectivity index (χ2v) is 4.42. The molecule has 0 spiro atoms. The molecule has 2 heterocycles.